The van der Waals surface area contributed by atoms with E-state index in [1.807, 2.05) is 18.9 Å². The third kappa shape index (κ3) is 4.48. The predicted molar refractivity (Wildman–Crippen MR) is 136 cm³/mol. The van der Waals surface area contributed by atoms with Crippen molar-refractivity contribution in [2.45, 2.75) is 88.9 Å². The third-order valence-corrected chi connectivity index (χ3v) is 9.12. The summed E-state index contributed by atoms with van der Waals surface area (Å²) in [6.45, 7) is 5.52. The Hall–Kier alpha value is -2.41. The Morgan fingerprint density at radius 2 is 1.97 bits per heavy atom. The summed E-state index contributed by atoms with van der Waals surface area (Å²) in [5, 5.41) is 6.96. The maximum absolute atomic E-state index is 14.8. The molecule has 1 saturated heterocycles. The summed E-state index contributed by atoms with van der Waals surface area (Å²) in [6, 6.07) is 4.14. The quantitative estimate of drug-likeness (QED) is 0.627. The van der Waals surface area contributed by atoms with Gasteiger partial charge in [-0.25, -0.2) is 4.39 Å². The van der Waals surface area contributed by atoms with Crippen LogP contribution in [0.25, 0.3) is 0 Å². The van der Waals surface area contributed by atoms with E-state index >= 15 is 0 Å². The molecule has 2 aliphatic carbocycles. The predicted octanol–water partition coefficient (Wildman–Crippen LogP) is 3.79. The SMILES string of the molecule is CC(=O)N(C)C1CCN([C@H]2CCC[C@@H](NC(=O)C3(C4CC=CC4)Cc4c(F)ccc(C)c4N3)C2)C1. The first kappa shape index (κ1) is 24.3. The zero-order valence-electron chi connectivity index (χ0n) is 21.3. The minimum absolute atomic E-state index is 0.0162. The van der Waals surface area contributed by atoms with E-state index in [1.54, 1.807) is 13.0 Å². The monoisotopic (exact) mass is 482 g/mol. The van der Waals surface area contributed by atoms with Gasteiger partial charge < -0.3 is 15.5 Å². The third-order valence-electron chi connectivity index (χ3n) is 9.12. The first-order valence-corrected chi connectivity index (χ1v) is 13.3. The number of nitrogens with zero attached hydrogens (tertiary/aromatic N) is 2. The number of carbonyl (C=O) groups is 2. The van der Waals surface area contributed by atoms with Crippen molar-refractivity contribution in [2.24, 2.45) is 5.92 Å². The molecule has 190 valence electrons. The molecule has 35 heavy (non-hydrogen) atoms. The van der Waals surface area contributed by atoms with Gasteiger partial charge in [0.05, 0.1) is 0 Å². The standard InChI is InChI=1S/C28H39FN4O2/c1-18-11-12-25(29)24-16-28(31-26(18)24,20-7-4-5-8-20)27(35)30-21-9-6-10-22(15-21)33-14-13-23(17-33)32(3)19(2)34/h4-5,11-12,20-23,31H,6-10,13-17H2,1-3H3,(H,30,35)/t21-,22+,23?,28?/m1/s1. The van der Waals surface area contributed by atoms with E-state index in [2.05, 4.69) is 27.7 Å². The molecule has 2 fully saturated rings. The van der Waals surface area contributed by atoms with Crippen molar-refractivity contribution in [2.75, 3.05) is 25.5 Å². The number of likely N-dealkylation sites (N-methyl/N-ethyl adjacent to an activating group) is 1. The molecule has 0 radical (unpaired) electrons. The van der Waals surface area contributed by atoms with Crippen LogP contribution < -0.4 is 10.6 Å². The van der Waals surface area contributed by atoms with E-state index in [0.717, 1.165) is 69.3 Å². The highest BCUT2D eigenvalue weighted by Gasteiger charge is 2.51. The molecule has 0 bridgehead atoms. The molecule has 0 aromatic heterocycles. The van der Waals surface area contributed by atoms with Gasteiger partial charge in [-0.05, 0) is 69.4 Å². The molecule has 4 aliphatic rings. The lowest BCUT2D eigenvalue weighted by atomic mass is 9.78. The number of anilines is 1. The Balaban J connectivity index is 1.28. The molecule has 1 saturated carbocycles. The number of hydrogen-bond donors (Lipinski definition) is 2. The highest BCUT2D eigenvalue weighted by molar-refractivity contribution is 5.93. The minimum Gasteiger partial charge on any atom is -0.370 e. The topological polar surface area (TPSA) is 64.7 Å². The van der Waals surface area contributed by atoms with Crippen LogP contribution in [0.3, 0.4) is 0 Å². The summed E-state index contributed by atoms with van der Waals surface area (Å²) in [4.78, 5) is 30.2. The Morgan fingerprint density at radius 1 is 1.20 bits per heavy atom. The van der Waals surface area contributed by atoms with Crippen LogP contribution in [0.2, 0.25) is 0 Å². The number of amides is 2. The van der Waals surface area contributed by atoms with Crippen molar-refractivity contribution in [1.82, 2.24) is 15.1 Å². The van der Waals surface area contributed by atoms with Crippen LogP contribution in [-0.4, -0.2) is 65.4 Å². The number of hydrogen-bond acceptors (Lipinski definition) is 4. The Bertz CT molecular complexity index is 985. The number of aryl methyl sites for hydroxylation is 1. The molecular weight excluding hydrogens is 443 g/mol. The van der Waals surface area contributed by atoms with E-state index in [9.17, 15) is 14.0 Å². The number of likely N-dealkylation sites (tertiary alicyclic amines) is 1. The van der Waals surface area contributed by atoms with E-state index in [0.29, 0.717) is 18.0 Å². The maximum Gasteiger partial charge on any atom is 0.246 e. The first-order chi connectivity index (χ1) is 16.8. The average Bonchev–Trinajstić information content (AvgIpc) is 3.61. The number of fused-ring (bicyclic) bond motifs is 1. The number of allylic oxidation sites excluding steroid dienone is 2. The lowest BCUT2D eigenvalue weighted by Gasteiger charge is -2.40. The molecule has 2 N–H and O–H groups in total. The number of rotatable bonds is 5. The molecule has 2 aliphatic heterocycles. The summed E-state index contributed by atoms with van der Waals surface area (Å²) in [5.74, 6) is 0.0293. The van der Waals surface area contributed by atoms with Gasteiger partial charge in [-0.1, -0.05) is 18.2 Å². The summed E-state index contributed by atoms with van der Waals surface area (Å²) >= 11 is 0. The van der Waals surface area contributed by atoms with Gasteiger partial charge in [0.25, 0.3) is 0 Å². The van der Waals surface area contributed by atoms with Crippen LogP contribution in [0.4, 0.5) is 10.1 Å². The van der Waals surface area contributed by atoms with E-state index in [-0.39, 0.29) is 35.6 Å². The first-order valence-electron chi connectivity index (χ1n) is 13.3. The fraction of sp³-hybridized carbons (Fsp3) is 0.643. The lowest BCUT2D eigenvalue weighted by Crippen LogP contribution is -2.59. The van der Waals surface area contributed by atoms with Crippen LogP contribution in [0.1, 0.15) is 63.0 Å². The molecule has 2 heterocycles. The van der Waals surface area contributed by atoms with E-state index < -0.39 is 5.54 Å². The van der Waals surface area contributed by atoms with Gasteiger partial charge in [0.2, 0.25) is 11.8 Å². The Morgan fingerprint density at radius 3 is 2.69 bits per heavy atom. The summed E-state index contributed by atoms with van der Waals surface area (Å²) in [7, 11) is 1.90. The molecule has 1 aromatic carbocycles. The average molecular weight is 483 g/mol. The van der Waals surface area contributed by atoms with Gasteiger partial charge in [0.1, 0.15) is 11.4 Å². The second-order valence-electron chi connectivity index (χ2n) is 11.2. The smallest absolute Gasteiger partial charge is 0.246 e. The van der Waals surface area contributed by atoms with Gasteiger partial charge in [-0.3, -0.25) is 14.5 Å². The number of halogens is 1. The normalized spacial score (nSPS) is 30.8. The van der Waals surface area contributed by atoms with E-state index in [4.69, 9.17) is 0 Å². The second-order valence-corrected chi connectivity index (χ2v) is 11.2. The van der Waals surface area contributed by atoms with Crippen molar-refractivity contribution < 1.29 is 14.0 Å². The van der Waals surface area contributed by atoms with Crippen LogP contribution in [0.5, 0.6) is 0 Å². The fourth-order valence-electron chi connectivity index (χ4n) is 6.83. The summed E-state index contributed by atoms with van der Waals surface area (Å²) in [6.07, 6.45) is 11.5. The number of benzene rings is 1. The number of nitrogens with one attached hydrogen (secondary N) is 2. The lowest BCUT2D eigenvalue weighted by molar-refractivity contribution is -0.130. The van der Waals surface area contributed by atoms with Crippen molar-refractivity contribution >= 4 is 17.5 Å². The molecule has 5 rings (SSSR count). The Kier molecular flexibility index (Phi) is 6.64. The second kappa shape index (κ2) is 9.57. The van der Waals surface area contributed by atoms with Crippen molar-refractivity contribution in [1.29, 1.82) is 0 Å². The molecule has 6 nitrogen and oxygen atoms in total. The van der Waals surface area contributed by atoms with Gasteiger partial charge in [0.15, 0.2) is 0 Å². The summed E-state index contributed by atoms with van der Waals surface area (Å²) in [5.41, 5.74) is 1.62. The fourth-order valence-corrected chi connectivity index (χ4v) is 6.83. The van der Waals surface area contributed by atoms with Crippen LogP contribution in [0, 0.1) is 18.7 Å². The zero-order valence-corrected chi connectivity index (χ0v) is 21.3. The van der Waals surface area contributed by atoms with E-state index in [1.165, 1.54) is 6.07 Å². The minimum atomic E-state index is -0.811. The molecule has 2 unspecified atom stereocenters. The highest BCUT2D eigenvalue weighted by Crippen LogP contribution is 2.44. The van der Waals surface area contributed by atoms with Gasteiger partial charge >= 0.3 is 0 Å². The number of carbonyl (C=O) groups excluding carboxylic acids is 2. The van der Waals surface area contributed by atoms with Crippen LogP contribution in [0.15, 0.2) is 24.3 Å². The van der Waals surface area contributed by atoms with Gasteiger partial charge in [0, 0.05) is 62.9 Å². The van der Waals surface area contributed by atoms with Crippen LogP contribution >= 0.6 is 0 Å². The molecule has 2 amide bonds. The largest absolute Gasteiger partial charge is 0.370 e. The van der Waals surface area contributed by atoms with Crippen molar-refractivity contribution in [3.8, 4) is 0 Å². The van der Waals surface area contributed by atoms with Gasteiger partial charge in [-0.2, -0.15) is 0 Å². The summed E-state index contributed by atoms with van der Waals surface area (Å²) < 4.78 is 14.8. The highest BCUT2D eigenvalue weighted by atomic mass is 19.1. The van der Waals surface area contributed by atoms with Crippen molar-refractivity contribution in [3.05, 3.63) is 41.2 Å². The van der Waals surface area contributed by atoms with Crippen molar-refractivity contribution in [3.63, 3.8) is 0 Å². The molecule has 0 spiro atoms. The molecule has 1 aromatic rings. The molecular formula is C28H39FN4O2. The molecule has 7 heteroatoms. The van der Waals surface area contributed by atoms with Gasteiger partial charge in [-0.15, -0.1) is 0 Å². The zero-order chi connectivity index (χ0) is 24.7. The Labute approximate surface area is 208 Å². The van der Waals surface area contributed by atoms with Crippen LogP contribution in [-0.2, 0) is 16.0 Å². The maximum atomic E-state index is 14.8. The molecule has 4 atom stereocenters.